The summed E-state index contributed by atoms with van der Waals surface area (Å²) in [5.74, 6) is 1.11. The van der Waals surface area contributed by atoms with Gasteiger partial charge in [-0.2, -0.15) is 0 Å². The Morgan fingerprint density at radius 3 is 3.12 bits per heavy atom. The first-order valence-corrected chi connectivity index (χ1v) is 6.21. The summed E-state index contributed by atoms with van der Waals surface area (Å²) in [7, 11) is 0. The van der Waals surface area contributed by atoms with Crippen LogP contribution in [0.2, 0.25) is 0 Å². The molecule has 3 heteroatoms. The van der Waals surface area contributed by atoms with E-state index in [2.05, 4.69) is 0 Å². The predicted octanol–water partition coefficient (Wildman–Crippen LogP) is 2.32. The Kier molecular flexibility index (Phi) is 3.79. The van der Waals surface area contributed by atoms with Gasteiger partial charge in [0.1, 0.15) is 5.75 Å². The molecule has 0 spiro atoms. The summed E-state index contributed by atoms with van der Waals surface area (Å²) < 4.78 is 5.53. The van der Waals surface area contributed by atoms with Crippen LogP contribution in [0.3, 0.4) is 0 Å². The van der Waals surface area contributed by atoms with Gasteiger partial charge in [-0.05, 0) is 49.9 Å². The summed E-state index contributed by atoms with van der Waals surface area (Å²) in [6.07, 6.45) is 3.30. The highest BCUT2D eigenvalue weighted by atomic mass is 16.5. The second kappa shape index (κ2) is 5.32. The van der Waals surface area contributed by atoms with Crippen LogP contribution in [0.15, 0.2) is 18.2 Å². The van der Waals surface area contributed by atoms with Gasteiger partial charge in [0.15, 0.2) is 5.78 Å². The lowest BCUT2D eigenvalue weighted by Crippen LogP contribution is -2.16. The zero-order valence-corrected chi connectivity index (χ0v) is 10.2. The van der Waals surface area contributed by atoms with Crippen molar-refractivity contribution < 1.29 is 9.53 Å². The summed E-state index contributed by atoms with van der Waals surface area (Å²) in [5.41, 5.74) is 7.60. The maximum atomic E-state index is 11.9. The van der Waals surface area contributed by atoms with E-state index >= 15 is 0 Å². The molecule has 92 valence electrons. The van der Waals surface area contributed by atoms with Crippen LogP contribution in [0.4, 0.5) is 0 Å². The average molecular weight is 233 g/mol. The lowest BCUT2D eigenvalue weighted by molar-refractivity contribution is 0.0978. The number of benzene rings is 1. The molecule has 1 atom stereocenters. The van der Waals surface area contributed by atoms with Crippen LogP contribution in [0, 0.1) is 0 Å². The van der Waals surface area contributed by atoms with E-state index in [-0.39, 0.29) is 11.8 Å². The Bertz CT molecular complexity index is 413. The maximum Gasteiger partial charge on any atom is 0.162 e. The van der Waals surface area contributed by atoms with Crippen LogP contribution in [-0.4, -0.2) is 18.4 Å². The highest BCUT2D eigenvalue weighted by molar-refractivity contribution is 5.96. The standard InChI is InChI=1S/C14H19NO2/c1-10(15)4-6-13(16)11-5-7-14-12(9-11)3-2-8-17-14/h5,7,9-10H,2-4,6,8,15H2,1H3. The van der Waals surface area contributed by atoms with Crippen LogP contribution in [0.5, 0.6) is 5.75 Å². The molecular formula is C14H19NO2. The zero-order valence-electron chi connectivity index (χ0n) is 10.2. The van der Waals surface area contributed by atoms with Gasteiger partial charge in [0.2, 0.25) is 0 Å². The van der Waals surface area contributed by atoms with Gasteiger partial charge in [0, 0.05) is 18.0 Å². The number of hydrogen-bond donors (Lipinski definition) is 1. The zero-order chi connectivity index (χ0) is 12.3. The molecule has 3 nitrogen and oxygen atoms in total. The van der Waals surface area contributed by atoms with E-state index in [1.165, 1.54) is 0 Å². The highest BCUT2D eigenvalue weighted by Crippen LogP contribution is 2.26. The molecule has 0 fully saturated rings. The number of ketones is 1. The van der Waals surface area contributed by atoms with E-state index < -0.39 is 0 Å². The van der Waals surface area contributed by atoms with E-state index in [1.807, 2.05) is 25.1 Å². The third-order valence-electron chi connectivity index (χ3n) is 3.06. The Labute approximate surface area is 102 Å². The molecule has 1 unspecified atom stereocenters. The molecule has 2 rings (SSSR count). The molecule has 17 heavy (non-hydrogen) atoms. The van der Waals surface area contributed by atoms with E-state index in [4.69, 9.17) is 10.5 Å². The topological polar surface area (TPSA) is 52.3 Å². The fourth-order valence-electron chi connectivity index (χ4n) is 2.04. The summed E-state index contributed by atoms with van der Waals surface area (Å²) in [6.45, 7) is 2.71. The van der Waals surface area contributed by atoms with Gasteiger partial charge >= 0.3 is 0 Å². The third kappa shape index (κ3) is 3.07. The number of aryl methyl sites for hydroxylation is 1. The molecule has 2 N–H and O–H groups in total. The van der Waals surface area contributed by atoms with Crippen molar-refractivity contribution in [2.45, 2.75) is 38.6 Å². The van der Waals surface area contributed by atoms with Crippen LogP contribution >= 0.6 is 0 Å². The quantitative estimate of drug-likeness (QED) is 0.812. The van der Waals surface area contributed by atoms with Crippen molar-refractivity contribution in [1.29, 1.82) is 0 Å². The minimum atomic E-state index is 0.0833. The first-order valence-electron chi connectivity index (χ1n) is 6.21. The van der Waals surface area contributed by atoms with Crippen molar-refractivity contribution in [2.24, 2.45) is 5.73 Å². The third-order valence-corrected chi connectivity index (χ3v) is 3.06. The normalized spacial score (nSPS) is 15.9. The van der Waals surface area contributed by atoms with Crippen molar-refractivity contribution in [1.82, 2.24) is 0 Å². The Morgan fingerprint density at radius 2 is 2.35 bits per heavy atom. The SMILES string of the molecule is CC(N)CCC(=O)c1ccc2c(c1)CCCO2. The number of fused-ring (bicyclic) bond motifs is 1. The van der Waals surface area contributed by atoms with Crippen molar-refractivity contribution in [3.05, 3.63) is 29.3 Å². The van der Waals surface area contributed by atoms with Crippen molar-refractivity contribution in [3.63, 3.8) is 0 Å². The molecule has 0 bridgehead atoms. The highest BCUT2D eigenvalue weighted by Gasteiger charge is 2.13. The molecule has 0 amide bonds. The Morgan fingerprint density at radius 1 is 1.53 bits per heavy atom. The molecule has 0 saturated heterocycles. The number of nitrogens with two attached hydrogens (primary N) is 1. The minimum absolute atomic E-state index is 0.0833. The number of hydrogen-bond acceptors (Lipinski definition) is 3. The summed E-state index contributed by atoms with van der Waals surface area (Å²) in [6, 6.07) is 5.82. The predicted molar refractivity (Wildman–Crippen MR) is 67.5 cm³/mol. The Hall–Kier alpha value is -1.35. The van der Waals surface area contributed by atoms with E-state index in [0.29, 0.717) is 6.42 Å². The summed E-state index contributed by atoms with van der Waals surface area (Å²) in [5, 5.41) is 0. The van der Waals surface area contributed by atoms with Gasteiger partial charge in [0.05, 0.1) is 6.61 Å². The second-order valence-corrected chi connectivity index (χ2v) is 4.71. The van der Waals surface area contributed by atoms with Crippen LogP contribution in [0.25, 0.3) is 0 Å². The molecule has 1 aliphatic rings. The number of Topliss-reactive ketones (excluding diaryl/α,β-unsaturated/α-hetero) is 1. The van der Waals surface area contributed by atoms with E-state index in [0.717, 1.165) is 42.7 Å². The van der Waals surface area contributed by atoms with Gasteiger partial charge in [0.25, 0.3) is 0 Å². The summed E-state index contributed by atoms with van der Waals surface area (Å²) in [4.78, 5) is 11.9. The molecule has 0 aliphatic carbocycles. The van der Waals surface area contributed by atoms with Gasteiger partial charge in [-0.25, -0.2) is 0 Å². The molecule has 1 aliphatic heterocycles. The smallest absolute Gasteiger partial charge is 0.162 e. The fraction of sp³-hybridized carbons (Fsp3) is 0.500. The van der Waals surface area contributed by atoms with Crippen LogP contribution in [-0.2, 0) is 6.42 Å². The molecule has 1 aromatic carbocycles. The largest absolute Gasteiger partial charge is 0.493 e. The number of rotatable bonds is 4. The van der Waals surface area contributed by atoms with Gasteiger partial charge in [-0.1, -0.05) is 0 Å². The van der Waals surface area contributed by atoms with Crippen LogP contribution < -0.4 is 10.5 Å². The monoisotopic (exact) mass is 233 g/mol. The first kappa shape index (κ1) is 12.1. The molecule has 0 radical (unpaired) electrons. The minimum Gasteiger partial charge on any atom is -0.493 e. The van der Waals surface area contributed by atoms with Gasteiger partial charge in [-0.15, -0.1) is 0 Å². The maximum absolute atomic E-state index is 11.9. The fourth-order valence-corrected chi connectivity index (χ4v) is 2.04. The van der Waals surface area contributed by atoms with Crippen molar-refractivity contribution >= 4 is 5.78 Å². The number of ether oxygens (including phenoxy) is 1. The van der Waals surface area contributed by atoms with Crippen molar-refractivity contribution in [3.8, 4) is 5.75 Å². The Balaban J connectivity index is 2.08. The molecule has 1 aromatic rings. The van der Waals surface area contributed by atoms with Gasteiger partial charge in [-0.3, -0.25) is 4.79 Å². The molecule has 0 saturated carbocycles. The lowest BCUT2D eigenvalue weighted by atomic mass is 9.99. The lowest BCUT2D eigenvalue weighted by Gasteiger charge is -2.17. The number of carbonyl (C=O) groups excluding carboxylic acids is 1. The molecular weight excluding hydrogens is 214 g/mol. The molecule has 1 heterocycles. The van der Waals surface area contributed by atoms with Crippen LogP contribution in [0.1, 0.15) is 42.1 Å². The molecule has 0 aromatic heterocycles. The number of carbonyl (C=O) groups is 1. The van der Waals surface area contributed by atoms with E-state index in [9.17, 15) is 4.79 Å². The van der Waals surface area contributed by atoms with Gasteiger partial charge < -0.3 is 10.5 Å². The van der Waals surface area contributed by atoms with E-state index in [1.54, 1.807) is 0 Å². The summed E-state index contributed by atoms with van der Waals surface area (Å²) >= 11 is 0. The second-order valence-electron chi connectivity index (χ2n) is 4.71. The van der Waals surface area contributed by atoms with Crippen molar-refractivity contribution in [2.75, 3.05) is 6.61 Å². The first-order chi connectivity index (χ1) is 8.16. The average Bonchev–Trinajstić information content (AvgIpc) is 2.35.